The number of fused-ring (bicyclic) bond motifs is 1. The van der Waals surface area contributed by atoms with Gasteiger partial charge in [-0.25, -0.2) is 19.7 Å². The summed E-state index contributed by atoms with van der Waals surface area (Å²) < 4.78 is 12.9. The summed E-state index contributed by atoms with van der Waals surface area (Å²) in [5, 5.41) is 0. The van der Waals surface area contributed by atoms with Gasteiger partial charge >= 0.3 is 5.97 Å². The number of imidazole rings is 1. The molecule has 29 heavy (non-hydrogen) atoms. The highest BCUT2D eigenvalue weighted by Gasteiger charge is 2.09. The Hall–Kier alpha value is -3.94. The molecule has 0 amide bonds. The van der Waals surface area contributed by atoms with Gasteiger partial charge in [0.2, 0.25) is 0 Å². The van der Waals surface area contributed by atoms with Crippen molar-refractivity contribution in [2.24, 2.45) is 0 Å². The molecule has 0 bridgehead atoms. The normalized spacial score (nSPS) is 10.8. The summed E-state index contributed by atoms with van der Waals surface area (Å²) in [5.74, 6) is 1.36. The molecular formula is C21H19N5O3. The monoisotopic (exact) mass is 389 g/mol. The standard InChI is InChI=1S/C21H19N5O3/c22-19-18-20(24-13-23-19)26(14-25-18)11-4-12-28-21(27)15-7-9-17(10-8-15)29-16-5-2-1-3-6-16/h1-3,5-10,13-14H,4,11-12H2,(H2,22,23,24). The van der Waals surface area contributed by atoms with Crippen molar-refractivity contribution in [1.29, 1.82) is 0 Å². The van der Waals surface area contributed by atoms with E-state index in [9.17, 15) is 4.79 Å². The highest BCUT2D eigenvalue weighted by Crippen LogP contribution is 2.21. The van der Waals surface area contributed by atoms with Crippen LogP contribution in [0.5, 0.6) is 11.5 Å². The van der Waals surface area contributed by atoms with Crippen molar-refractivity contribution in [3.8, 4) is 11.5 Å². The Morgan fingerprint density at radius 3 is 2.52 bits per heavy atom. The fourth-order valence-corrected chi connectivity index (χ4v) is 2.83. The summed E-state index contributed by atoms with van der Waals surface area (Å²) in [6.07, 6.45) is 3.68. The van der Waals surface area contributed by atoms with E-state index in [4.69, 9.17) is 15.2 Å². The molecule has 0 atom stereocenters. The van der Waals surface area contributed by atoms with Gasteiger partial charge in [-0.1, -0.05) is 18.2 Å². The third-order valence-corrected chi connectivity index (χ3v) is 4.27. The Balaban J connectivity index is 1.27. The molecule has 8 heteroatoms. The van der Waals surface area contributed by atoms with Crippen molar-refractivity contribution >= 4 is 23.0 Å². The zero-order chi connectivity index (χ0) is 20.1. The van der Waals surface area contributed by atoms with E-state index in [-0.39, 0.29) is 12.6 Å². The van der Waals surface area contributed by atoms with Gasteiger partial charge in [0.15, 0.2) is 11.5 Å². The number of rotatable bonds is 7. The Bertz CT molecular complexity index is 1110. The maximum atomic E-state index is 12.2. The molecule has 0 aliphatic heterocycles. The van der Waals surface area contributed by atoms with E-state index in [1.807, 2.05) is 34.9 Å². The minimum Gasteiger partial charge on any atom is -0.462 e. The van der Waals surface area contributed by atoms with Crippen LogP contribution in [0.15, 0.2) is 67.3 Å². The topological polar surface area (TPSA) is 105 Å². The van der Waals surface area contributed by atoms with Crippen LogP contribution in [0.4, 0.5) is 5.82 Å². The first-order valence-corrected chi connectivity index (χ1v) is 9.12. The lowest BCUT2D eigenvalue weighted by Crippen LogP contribution is -2.09. The number of benzene rings is 2. The van der Waals surface area contributed by atoms with E-state index < -0.39 is 0 Å². The van der Waals surface area contributed by atoms with Crippen molar-refractivity contribution in [2.75, 3.05) is 12.3 Å². The molecular weight excluding hydrogens is 370 g/mol. The van der Waals surface area contributed by atoms with Crippen LogP contribution in [-0.4, -0.2) is 32.1 Å². The second kappa shape index (κ2) is 8.39. The van der Waals surface area contributed by atoms with Gasteiger partial charge in [0.05, 0.1) is 18.5 Å². The van der Waals surface area contributed by atoms with Crippen LogP contribution in [0, 0.1) is 0 Å². The molecule has 0 fully saturated rings. The van der Waals surface area contributed by atoms with E-state index in [0.29, 0.717) is 41.3 Å². The SMILES string of the molecule is Nc1ncnc2c1ncn2CCCOC(=O)c1ccc(Oc2ccccc2)cc1. The van der Waals surface area contributed by atoms with Crippen molar-refractivity contribution in [3.63, 3.8) is 0 Å². The van der Waals surface area contributed by atoms with E-state index in [1.54, 1.807) is 30.6 Å². The molecule has 0 radical (unpaired) electrons. The van der Waals surface area contributed by atoms with Gasteiger partial charge in [-0.3, -0.25) is 0 Å². The molecule has 0 aliphatic rings. The number of nitrogen functional groups attached to an aromatic ring is 1. The van der Waals surface area contributed by atoms with E-state index in [0.717, 1.165) is 5.75 Å². The molecule has 8 nitrogen and oxygen atoms in total. The fraction of sp³-hybridized carbons (Fsp3) is 0.143. The van der Waals surface area contributed by atoms with Gasteiger partial charge in [-0.15, -0.1) is 0 Å². The van der Waals surface area contributed by atoms with E-state index in [2.05, 4.69) is 15.0 Å². The van der Waals surface area contributed by atoms with Crippen molar-refractivity contribution in [3.05, 3.63) is 72.8 Å². The zero-order valence-corrected chi connectivity index (χ0v) is 15.6. The Kier molecular flexibility index (Phi) is 5.33. The fourth-order valence-electron chi connectivity index (χ4n) is 2.83. The number of hydrogen-bond acceptors (Lipinski definition) is 7. The molecule has 0 saturated heterocycles. The molecule has 146 valence electrons. The van der Waals surface area contributed by atoms with Crippen LogP contribution in [0.1, 0.15) is 16.8 Å². The first-order chi connectivity index (χ1) is 14.2. The van der Waals surface area contributed by atoms with Crippen molar-refractivity contribution in [2.45, 2.75) is 13.0 Å². The first kappa shape index (κ1) is 18.4. The number of ether oxygens (including phenoxy) is 2. The summed E-state index contributed by atoms with van der Waals surface area (Å²) in [7, 11) is 0. The highest BCUT2D eigenvalue weighted by molar-refractivity contribution is 5.89. The maximum absolute atomic E-state index is 12.2. The Labute approximate surface area is 166 Å². The van der Waals surface area contributed by atoms with Crippen molar-refractivity contribution in [1.82, 2.24) is 19.5 Å². The summed E-state index contributed by atoms with van der Waals surface area (Å²) in [5.41, 5.74) is 7.48. The van der Waals surface area contributed by atoms with E-state index >= 15 is 0 Å². The molecule has 0 unspecified atom stereocenters. The largest absolute Gasteiger partial charge is 0.462 e. The van der Waals surface area contributed by atoms with Gasteiger partial charge in [-0.05, 0) is 42.8 Å². The summed E-state index contributed by atoms with van der Waals surface area (Å²) in [4.78, 5) is 24.5. The summed E-state index contributed by atoms with van der Waals surface area (Å²) in [6.45, 7) is 0.880. The second-order valence-electron chi connectivity index (χ2n) is 6.30. The van der Waals surface area contributed by atoms with Gasteiger partial charge in [-0.2, -0.15) is 0 Å². The lowest BCUT2D eigenvalue weighted by molar-refractivity contribution is 0.0496. The average Bonchev–Trinajstić information content (AvgIpc) is 3.17. The molecule has 4 aromatic rings. The predicted molar refractivity (Wildman–Crippen MR) is 108 cm³/mol. The second-order valence-corrected chi connectivity index (χ2v) is 6.30. The van der Waals surface area contributed by atoms with Crippen LogP contribution >= 0.6 is 0 Å². The highest BCUT2D eigenvalue weighted by atomic mass is 16.5. The third kappa shape index (κ3) is 4.32. The average molecular weight is 389 g/mol. The number of para-hydroxylation sites is 1. The van der Waals surface area contributed by atoms with Crippen LogP contribution in [0.3, 0.4) is 0 Å². The molecule has 2 aromatic carbocycles. The number of hydrogen-bond donors (Lipinski definition) is 1. The van der Waals surface area contributed by atoms with Gasteiger partial charge in [0, 0.05) is 6.54 Å². The molecule has 2 N–H and O–H groups in total. The molecule has 2 aromatic heterocycles. The molecule has 0 aliphatic carbocycles. The molecule has 0 spiro atoms. The number of aromatic nitrogens is 4. The minimum atomic E-state index is -0.377. The first-order valence-electron chi connectivity index (χ1n) is 9.12. The summed E-state index contributed by atoms with van der Waals surface area (Å²) >= 11 is 0. The van der Waals surface area contributed by atoms with Crippen LogP contribution in [0.2, 0.25) is 0 Å². The van der Waals surface area contributed by atoms with Crippen LogP contribution < -0.4 is 10.5 Å². The lowest BCUT2D eigenvalue weighted by atomic mass is 10.2. The van der Waals surface area contributed by atoms with E-state index in [1.165, 1.54) is 6.33 Å². The number of carbonyl (C=O) groups is 1. The molecule has 4 rings (SSSR count). The van der Waals surface area contributed by atoms with Crippen LogP contribution in [-0.2, 0) is 11.3 Å². The molecule has 2 heterocycles. The number of nitrogens with two attached hydrogens (primary N) is 1. The summed E-state index contributed by atoms with van der Waals surface area (Å²) in [6, 6.07) is 16.3. The quantitative estimate of drug-likeness (QED) is 0.381. The maximum Gasteiger partial charge on any atom is 0.338 e. The number of aryl methyl sites for hydroxylation is 1. The minimum absolute atomic E-state index is 0.279. The van der Waals surface area contributed by atoms with Gasteiger partial charge < -0.3 is 19.8 Å². The van der Waals surface area contributed by atoms with Crippen LogP contribution in [0.25, 0.3) is 11.2 Å². The number of esters is 1. The predicted octanol–water partition coefficient (Wildman–Crippen LogP) is 3.45. The molecule has 0 saturated carbocycles. The number of carbonyl (C=O) groups excluding carboxylic acids is 1. The Morgan fingerprint density at radius 1 is 0.966 bits per heavy atom. The smallest absolute Gasteiger partial charge is 0.338 e. The lowest BCUT2D eigenvalue weighted by Gasteiger charge is -2.08. The zero-order valence-electron chi connectivity index (χ0n) is 15.6. The van der Waals surface area contributed by atoms with Crippen molar-refractivity contribution < 1.29 is 14.3 Å². The third-order valence-electron chi connectivity index (χ3n) is 4.27. The number of anilines is 1. The van der Waals surface area contributed by atoms with Gasteiger partial charge in [0.25, 0.3) is 0 Å². The van der Waals surface area contributed by atoms with Gasteiger partial charge in [0.1, 0.15) is 23.3 Å². The Morgan fingerprint density at radius 2 is 1.72 bits per heavy atom. The number of nitrogens with zero attached hydrogens (tertiary/aromatic N) is 4.